The highest BCUT2D eigenvalue weighted by molar-refractivity contribution is 6.00. The van der Waals surface area contributed by atoms with Crippen LogP contribution >= 0.6 is 0 Å². The molecule has 9 nitrogen and oxygen atoms in total. The van der Waals surface area contributed by atoms with Crippen molar-refractivity contribution in [2.24, 2.45) is 0 Å². The van der Waals surface area contributed by atoms with E-state index in [1.165, 1.54) is 6.20 Å². The number of pyridine rings is 1. The summed E-state index contributed by atoms with van der Waals surface area (Å²) in [4.78, 5) is 30.8. The van der Waals surface area contributed by atoms with Crippen molar-refractivity contribution in [1.82, 2.24) is 9.88 Å². The summed E-state index contributed by atoms with van der Waals surface area (Å²) in [5, 5.41) is 17.5. The quantitative estimate of drug-likeness (QED) is 0.460. The van der Waals surface area contributed by atoms with Crippen LogP contribution in [0.25, 0.3) is 5.57 Å². The van der Waals surface area contributed by atoms with E-state index in [9.17, 15) is 14.9 Å². The number of nitriles is 1. The van der Waals surface area contributed by atoms with Gasteiger partial charge in [0, 0.05) is 25.0 Å². The molecule has 0 bridgehead atoms. The number of ether oxygens (including phenoxy) is 1. The van der Waals surface area contributed by atoms with E-state index < -0.39 is 0 Å². The monoisotopic (exact) mass is 482 g/mol. The van der Waals surface area contributed by atoms with Crippen LogP contribution in [0.1, 0.15) is 23.1 Å². The zero-order valence-electron chi connectivity index (χ0n) is 20.0. The van der Waals surface area contributed by atoms with Crippen LogP contribution in [0.15, 0.2) is 66.9 Å². The molecule has 0 radical (unpaired) electrons. The largest absolute Gasteiger partial charge is 0.495 e. The molecule has 0 fully saturated rings. The topological polar surface area (TPSA) is 119 Å². The van der Waals surface area contributed by atoms with Crippen LogP contribution in [0.3, 0.4) is 0 Å². The number of amides is 4. The lowest BCUT2D eigenvalue weighted by molar-refractivity contribution is 0.217. The average molecular weight is 483 g/mol. The van der Waals surface area contributed by atoms with Crippen LogP contribution in [-0.2, 0) is 0 Å². The Morgan fingerprint density at radius 3 is 2.58 bits per heavy atom. The van der Waals surface area contributed by atoms with Gasteiger partial charge < -0.3 is 20.3 Å². The Balaban J connectivity index is 1.33. The fourth-order valence-electron chi connectivity index (χ4n) is 3.86. The highest BCUT2D eigenvalue weighted by atomic mass is 16.5. The van der Waals surface area contributed by atoms with Gasteiger partial charge in [0.15, 0.2) is 5.82 Å². The highest BCUT2D eigenvalue weighted by Gasteiger charge is 2.19. The van der Waals surface area contributed by atoms with Crippen molar-refractivity contribution >= 4 is 34.8 Å². The van der Waals surface area contributed by atoms with Gasteiger partial charge in [-0.25, -0.2) is 14.6 Å². The van der Waals surface area contributed by atoms with Crippen LogP contribution in [0.2, 0.25) is 0 Å². The van der Waals surface area contributed by atoms with Crippen molar-refractivity contribution in [3.05, 3.63) is 83.6 Å². The van der Waals surface area contributed by atoms with E-state index in [1.54, 1.807) is 24.1 Å². The first-order chi connectivity index (χ1) is 17.5. The fourth-order valence-corrected chi connectivity index (χ4v) is 3.86. The maximum Gasteiger partial charge on any atom is 0.323 e. The zero-order chi connectivity index (χ0) is 25.5. The van der Waals surface area contributed by atoms with E-state index >= 15 is 0 Å². The molecule has 2 aromatic carbocycles. The van der Waals surface area contributed by atoms with Crippen molar-refractivity contribution < 1.29 is 14.3 Å². The Morgan fingerprint density at radius 2 is 1.89 bits per heavy atom. The minimum Gasteiger partial charge on any atom is -0.495 e. The van der Waals surface area contributed by atoms with E-state index in [0.717, 1.165) is 16.7 Å². The summed E-state index contributed by atoms with van der Waals surface area (Å²) in [7, 11) is 1.56. The van der Waals surface area contributed by atoms with Gasteiger partial charge in [-0.2, -0.15) is 5.26 Å². The average Bonchev–Trinajstić information content (AvgIpc) is 2.89. The Kier molecular flexibility index (Phi) is 7.46. The maximum absolute atomic E-state index is 12.6. The summed E-state index contributed by atoms with van der Waals surface area (Å²) in [5.74, 6) is 0.844. The maximum atomic E-state index is 12.6. The van der Waals surface area contributed by atoms with Crippen molar-refractivity contribution in [3.8, 4) is 11.8 Å². The summed E-state index contributed by atoms with van der Waals surface area (Å²) < 4.78 is 5.30. The molecule has 3 aromatic rings. The summed E-state index contributed by atoms with van der Waals surface area (Å²) >= 11 is 0. The molecule has 0 aliphatic carbocycles. The molecule has 1 aliphatic heterocycles. The third-order valence-electron chi connectivity index (χ3n) is 5.77. The van der Waals surface area contributed by atoms with Crippen molar-refractivity contribution in [1.29, 1.82) is 5.26 Å². The van der Waals surface area contributed by atoms with E-state index in [2.05, 4.69) is 20.9 Å². The molecule has 0 saturated carbocycles. The number of methoxy groups -OCH3 is 1. The second-order valence-electron chi connectivity index (χ2n) is 8.23. The Labute approximate surface area is 209 Å². The number of carbonyl (C=O) groups is 2. The number of hydrogen-bond acceptors (Lipinski definition) is 5. The molecule has 182 valence electrons. The summed E-state index contributed by atoms with van der Waals surface area (Å²) in [6.45, 7) is 2.92. The van der Waals surface area contributed by atoms with Crippen LogP contribution in [0.5, 0.6) is 5.75 Å². The van der Waals surface area contributed by atoms with Crippen molar-refractivity contribution in [2.75, 3.05) is 36.1 Å². The molecule has 9 heteroatoms. The predicted octanol–water partition coefficient (Wildman–Crippen LogP) is 5.24. The first-order valence-electron chi connectivity index (χ1n) is 11.4. The van der Waals surface area contributed by atoms with Gasteiger partial charge in [-0.1, -0.05) is 24.3 Å². The molecule has 3 N–H and O–H groups in total. The van der Waals surface area contributed by atoms with Gasteiger partial charge in [0.2, 0.25) is 0 Å². The lowest BCUT2D eigenvalue weighted by Gasteiger charge is -2.27. The van der Waals surface area contributed by atoms with E-state index in [-0.39, 0.29) is 17.9 Å². The minimum atomic E-state index is -0.363. The molecule has 2 heterocycles. The van der Waals surface area contributed by atoms with Gasteiger partial charge in [0.25, 0.3) is 0 Å². The second kappa shape index (κ2) is 11.1. The molecular formula is C27H26N6O3. The minimum absolute atomic E-state index is 0.257. The lowest BCUT2D eigenvalue weighted by Crippen LogP contribution is -2.38. The number of carbonyl (C=O) groups excluding carboxylic acids is 2. The summed E-state index contributed by atoms with van der Waals surface area (Å²) in [6, 6.07) is 17.8. The van der Waals surface area contributed by atoms with E-state index in [4.69, 9.17) is 4.74 Å². The lowest BCUT2D eigenvalue weighted by atomic mass is 9.99. The number of hydrogen-bond donors (Lipinski definition) is 3. The number of anilines is 3. The standard InChI is InChI=1S/C27H26N6O3/c1-18-5-10-24(36-2)23(16-18)31-26(34)30-22-8-6-19(7-9-22)20-11-14-33(15-12-20)27(35)32-25-21(17-28)4-3-13-29-25/h3-11,13,16H,12,14-15H2,1-2H3,(H,29,32,35)(H2,30,31,34). The first-order valence-corrected chi connectivity index (χ1v) is 11.4. The number of rotatable bonds is 5. The third-order valence-corrected chi connectivity index (χ3v) is 5.77. The highest BCUT2D eigenvalue weighted by Crippen LogP contribution is 2.26. The summed E-state index contributed by atoms with van der Waals surface area (Å²) in [6.07, 6.45) is 4.22. The third kappa shape index (κ3) is 5.80. The van der Waals surface area contributed by atoms with Gasteiger partial charge in [-0.15, -0.1) is 0 Å². The van der Waals surface area contributed by atoms with E-state index in [0.29, 0.717) is 42.2 Å². The molecule has 0 spiro atoms. The van der Waals surface area contributed by atoms with Crippen LogP contribution in [-0.4, -0.2) is 42.1 Å². The van der Waals surface area contributed by atoms with Gasteiger partial charge in [-0.05, 0) is 66.4 Å². The molecule has 1 aliphatic rings. The Hall–Kier alpha value is -4.84. The molecule has 0 unspecified atom stereocenters. The number of nitrogens with zero attached hydrogens (tertiary/aromatic N) is 3. The van der Waals surface area contributed by atoms with Gasteiger partial charge in [0.05, 0.1) is 18.4 Å². The summed E-state index contributed by atoms with van der Waals surface area (Å²) in [5.41, 5.74) is 4.73. The molecule has 1 aromatic heterocycles. The molecule has 0 atom stereocenters. The van der Waals surface area contributed by atoms with Crippen LogP contribution in [0, 0.1) is 18.3 Å². The molecule has 4 amide bonds. The molecular weight excluding hydrogens is 456 g/mol. The van der Waals surface area contributed by atoms with Gasteiger partial charge in [0.1, 0.15) is 11.8 Å². The smallest absolute Gasteiger partial charge is 0.323 e. The fraction of sp³-hybridized carbons (Fsp3) is 0.185. The van der Waals surface area contributed by atoms with Crippen LogP contribution < -0.4 is 20.7 Å². The number of urea groups is 2. The van der Waals surface area contributed by atoms with Crippen molar-refractivity contribution in [3.63, 3.8) is 0 Å². The number of aromatic nitrogens is 1. The first kappa shape index (κ1) is 24.3. The molecule has 0 saturated heterocycles. The number of nitrogens with one attached hydrogen (secondary N) is 3. The van der Waals surface area contributed by atoms with Gasteiger partial charge >= 0.3 is 12.1 Å². The zero-order valence-corrected chi connectivity index (χ0v) is 20.0. The SMILES string of the molecule is COc1ccc(C)cc1NC(=O)Nc1ccc(C2=CCN(C(=O)Nc3ncccc3C#N)CC2)cc1. The second-order valence-corrected chi connectivity index (χ2v) is 8.23. The Morgan fingerprint density at radius 1 is 1.08 bits per heavy atom. The Bertz CT molecular complexity index is 1340. The van der Waals surface area contributed by atoms with Crippen molar-refractivity contribution in [2.45, 2.75) is 13.3 Å². The normalized spacial score (nSPS) is 12.7. The molecule has 36 heavy (non-hydrogen) atoms. The number of benzene rings is 2. The number of aryl methyl sites for hydroxylation is 1. The van der Waals surface area contributed by atoms with Gasteiger partial charge in [-0.3, -0.25) is 5.32 Å². The molecule has 4 rings (SSSR count). The van der Waals surface area contributed by atoms with E-state index in [1.807, 2.05) is 61.5 Å². The predicted molar refractivity (Wildman–Crippen MR) is 139 cm³/mol. The van der Waals surface area contributed by atoms with Crippen LogP contribution in [0.4, 0.5) is 26.8 Å².